The Morgan fingerprint density at radius 3 is 2.67 bits per heavy atom. The molecule has 0 amide bonds. The number of allylic oxidation sites excluding steroid dienone is 1. The Kier molecular flexibility index (Phi) is 2.52. The molecule has 1 fully saturated rings. The molecule has 0 aliphatic heterocycles. The van der Waals surface area contributed by atoms with Crippen molar-refractivity contribution in [3.8, 4) is 0 Å². The largest absolute Gasteiger partial charge is 0.465 e. The van der Waals surface area contributed by atoms with Crippen LogP contribution in [0.3, 0.4) is 0 Å². The fourth-order valence-corrected chi connectivity index (χ4v) is 1.51. The lowest BCUT2D eigenvalue weighted by Crippen LogP contribution is -2.43. The van der Waals surface area contributed by atoms with Gasteiger partial charge in [-0.1, -0.05) is 12.2 Å². The molecule has 0 aromatic carbocycles. The van der Waals surface area contributed by atoms with Gasteiger partial charge >= 0.3 is 5.97 Å². The van der Waals surface area contributed by atoms with E-state index < -0.39 is 5.41 Å². The molecular formula is C9H14O3. The van der Waals surface area contributed by atoms with E-state index in [1.165, 1.54) is 0 Å². The summed E-state index contributed by atoms with van der Waals surface area (Å²) >= 11 is 0. The summed E-state index contributed by atoms with van der Waals surface area (Å²) in [5.41, 5.74) is 0.352. The third kappa shape index (κ3) is 1.37. The second-order valence-corrected chi connectivity index (χ2v) is 3.26. The van der Waals surface area contributed by atoms with Crippen molar-refractivity contribution in [1.82, 2.24) is 0 Å². The lowest BCUT2D eigenvalue weighted by atomic mass is 9.66. The first kappa shape index (κ1) is 9.26. The van der Waals surface area contributed by atoms with Gasteiger partial charge in [0.25, 0.3) is 0 Å². The maximum atomic E-state index is 11.3. The molecule has 1 N–H and O–H groups in total. The van der Waals surface area contributed by atoms with Crippen LogP contribution in [0.2, 0.25) is 0 Å². The zero-order chi connectivity index (χ0) is 9.19. The number of esters is 1. The molecule has 1 aliphatic rings. The Hall–Kier alpha value is -0.830. The summed E-state index contributed by atoms with van der Waals surface area (Å²) in [4.78, 5) is 11.3. The van der Waals surface area contributed by atoms with Crippen molar-refractivity contribution in [1.29, 1.82) is 0 Å². The van der Waals surface area contributed by atoms with Gasteiger partial charge in [-0.25, -0.2) is 0 Å². The third-order valence-electron chi connectivity index (χ3n) is 2.19. The quantitative estimate of drug-likeness (QED) is 0.505. The maximum Gasteiger partial charge on any atom is 0.315 e. The molecule has 0 saturated heterocycles. The highest BCUT2D eigenvalue weighted by Gasteiger charge is 2.47. The Balaban J connectivity index is 2.57. The highest BCUT2D eigenvalue weighted by molar-refractivity contribution is 5.79. The average molecular weight is 170 g/mol. The van der Waals surface area contributed by atoms with Crippen LogP contribution in [0.1, 0.15) is 19.8 Å². The number of hydrogen-bond donors (Lipinski definition) is 1. The van der Waals surface area contributed by atoms with Gasteiger partial charge in [0.2, 0.25) is 0 Å². The van der Waals surface area contributed by atoms with E-state index in [1.807, 2.05) is 0 Å². The van der Waals surface area contributed by atoms with Gasteiger partial charge in [0, 0.05) is 0 Å². The molecule has 68 valence electrons. The molecule has 0 heterocycles. The van der Waals surface area contributed by atoms with Crippen LogP contribution in [0.5, 0.6) is 0 Å². The lowest BCUT2D eigenvalue weighted by Gasteiger charge is -2.39. The summed E-state index contributed by atoms with van der Waals surface area (Å²) in [7, 11) is 0. The van der Waals surface area contributed by atoms with E-state index in [2.05, 4.69) is 6.58 Å². The van der Waals surface area contributed by atoms with E-state index in [-0.39, 0.29) is 12.6 Å². The van der Waals surface area contributed by atoms with Crippen LogP contribution in [0.25, 0.3) is 0 Å². The predicted octanol–water partition coefficient (Wildman–Crippen LogP) is 0.878. The minimum absolute atomic E-state index is 0.134. The van der Waals surface area contributed by atoms with Crippen molar-refractivity contribution in [2.45, 2.75) is 19.8 Å². The molecule has 3 nitrogen and oxygen atoms in total. The van der Waals surface area contributed by atoms with Crippen molar-refractivity contribution in [3.05, 3.63) is 12.2 Å². The summed E-state index contributed by atoms with van der Waals surface area (Å²) in [5, 5.41) is 9.01. The molecule has 0 bridgehead atoms. The van der Waals surface area contributed by atoms with Gasteiger partial charge < -0.3 is 9.84 Å². The van der Waals surface area contributed by atoms with Gasteiger partial charge in [0.1, 0.15) is 0 Å². The standard InChI is InChI=1S/C9H14O3/c1-3-12-8(11)9(6-10)4-7(2)5-9/h10H,2-6H2,1H3. The molecular weight excluding hydrogens is 156 g/mol. The molecule has 0 aromatic heterocycles. The number of hydrogen-bond acceptors (Lipinski definition) is 3. The van der Waals surface area contributed by atoms with E-state index in [4.69, 9.17) is 9.84 Å². The van der Waals surface area contributed by atoms with Crippen LogP contribution < -0.4 is 0 Å². The number of carbonyl (C=O) groups excluding carboxylic acids is 1. The minimum Gasteiger partial charge on any atom is -0.465 e. The van der Waals surface area contributed by atoms with Gasteiger partial charge in [0.15, 0.2) is 0 Å². The SMILES string of the molecule is C=C1CC(CO)(C(=O)OCC)C1. The van der Waals surface area contributed by atoms with Gasteiger partial charge in [-0.15, -0.1) is 0 Å². The van der Waals surface area contributed by atoms with Crippen molar-refractivity contribution in [3.63, 3.8) is 0 Å². The molecule has 3 heteroatoms. The second kappa shape index (κ2) is 3.27. The molecule has 0 radical (unpaired) electrons. The smallest absolute Gasteiger partial charge is 0.315 e. The maximum absolute atomic E-state index is 11.3. The normalized spacial score (nSPS) is 20.0. The number of aliphatic hydroxyl groups is 1. The summed E-state index contributed by atoms with van der Waals surface area (Å²) in [6, 6.07) is 0. The van der Waals surface area contributed by atoms with Gasteiger partial charge in [-0.2, -0.15) is 0 Å². The van der Waals surface area contributed by atoms with E-state index in [9.17, 15) is 4.79 Å². The number of rotatable bonds is 3. The first-order valence-corrected chi connectivity index (χ1v) is 4.09. The first-order chi connectivity index (χ1) is 5.64. The number of carbonyl (C=O) groups is 1. The fourth-order valence-electron chi connectivity index (χ4n) is 1.51. The Morgan fingerprint density at radius 1 is 1.75 bits per heavy atom. The molecule has 12 heavy (non-hydrogen) atoms. The monoisotopic (exact) mass is 170 g/mol. The predicted molar refractivity (Wildman–Crippen MR) is 44.5 cm³/mol. The minimum atomic E-state index is -0.660. The topological polar surface area (TPSA) is 46.5 Å². The van der Waals surface area contributed by atoms with Crippen LogP contribution in [0.4, 0.5) is 0 Å². The molecule has 0 atom stereocenters. The van der Waals surface area contributed by atoms with E-state index in [0.29, 0.717) is 19.4 Å². The third-order valence-corrected chi connectivity index (χ3v) is 2.19. The van der Waals surface area contributed by atoms with Crippen molar-refractivity contribution < 1.29 is 14.6 Å². The average Bonchev–Trinajstić information content (AvgIpc) is 1.98. The Morgan fingerprint density at radius 2 is 2.33 bits per heavy atom. The molecule has 0 spiro atoms. The summed E-state index contributed by atoms with van der Waals surface area (Å²) < 4.78 is 4.85. The molecule has 1 saturated carbocycles. The first-order valence-electron chi connectivity index (χ1n) is 4.09. The summed E-state index contributed by atoms with van der Waals surface area (Å²) in [6.45, 7) is 5.72. The number of aliphatic hydroxyl groups excluding tert-OH is 1. The van der Waals surface area contributed by atoms with Crippen LogP contribution >= 0.6 is 0 Å². The summed E-state index contributed by atoms with van der Waals surface area (Å²) in [6.07, 6.45) is 1.14. The van der Waals surface area contributed by atoms with Crippen LogP contribution in [0.15, 0.2) is 12.2 Å². The van der Waals surface area contributed by atoms with Gasteiger partial charge in [0.05, 0.1) is 18.6 Å². The van der Waals surface area contributed by atoms with E-state index in [0.717, 1.165) is 5.57 Å². The fraction of sp³-hybridized carbons (Fsp3) is 0.667. The van der Waals surface area contributed by atoms with Gasteiger partial charge in [-0.05, 0) is 19.8 Å². The van der Waals surface area contributed by atoms with E-state index in [1.54, 1.807) is 6.92 Å². The molecule has 0 unspecified atom stereocenters. The van der Waals surface area contributed by atoms with Crippen molar-refractivity contribution in [2.75, 3.05) is 13.2 Å². The number of ether oxygens (including phenoxy) is 1. The second-order valence-electron chi connectivity index (χ2n) is 3.26. The highest BCUT2D eigenvalue weighted by Crippen LogP contribution is 2.44. The van der Waals surface area contributed by atoms with Crippen LogP contribution in [-0.4, -0.2) is 24.3 Å². The highest BCUT2D eigenvalue weighted by atomic mass is 16.5. The van der Waals surface area contributed by atoms with Crippen LogP contribution in [0, 0.1) is 5.41 Å². The van der Waals surface area contributed by atoms with Gasteiger partial charge in [-0.3, -0.25) is 4.79 Å². The lowest BCUT2D eigenvalue weighted by molar-refractivity contribution is -0.161. The zero-order valence-electron chi connectivity index (χ0n) is 7.30. The molecule has 1 aliphatic carbocycles. The van der Waals surface area contributed by atoms with Crippen molar-refractivity contribution >= 4 is 5.97 Å². The summed E-state index contributed by atoms with van der Waals surface area (Å²) in [5.74, 6) is -0.292. The van der Waals surface area contributed by atoms with Crippen molar-refractivity contribution in [2.24, 2.45) is 5.41 Å². The Bertz CT molecular complexity index is 200. The van der Waals surface area contributed by atoms with E-state index >= 15 is 0 Å². The zero-order valence-corrected chi connectivity index (χ0v) is 7.30. The molecule has 1 rings (SSSR count). The molecule has 0 aromatic rings. The van der Waals surface area contributed by atoms with Crippen LogP contribution in [-0.2, 0) is 9.53 Å². The Labute approximate surface area is 72.0 Å².